The molecule has 3 nitrogen and oxygen atoms in total. The van der Waals surface area contributed by atoms with Crippen LogP contribution in [0.5, 0.6) is 5.75 Å². The van der Waals surface area contributed by atoms with Gasteiger partial charge in [0.05, 0.1) is 0 Å². The van der Waals surface area contributed by atoms with Crippen molar-refractivity contribution < 1.29 is 14.2 Å². The molecule has 0 spiro atoms. The van der Waals surface area contributed by atoms with Crippen LogP contribution in [0.3, 0.4) is 0 Å². The Morgan fingerprint density at radius 3 is 2.62 bits per heavy atom. The zero-order chi connectivity index (χ0) is 15.2. The van der Waals surface area contributed by atoms with Crippen LogP contribution in [-0.4, -0.2) is 24.4 Å². The number of aliphatic hydroxyl groups is 1. The van der Waals surface area contributed by atoms with Crippen molar-refractivity contribution in [2.45, 2.75) is 6.10 Å². The van der Waals surface area contributed by atoms with Gasteiger partial charge in [0, 0.05) is 20.8 Å². The number of rotatable bonds is 6. The Balaban J connectivity index is 1.79. The molecule has 0 saturated carbocycles. The van der Waals surface area contributed by atoms with Gasteiger partial charge in [-0.15, -0.1) is 0 Å². The molecular formula is C15H14ClFINO2. The third-order valence-electron chi connectivity index (χ3n) is 2.72. The number of ether oxygens (including phenoxy) is 1. The van der Waals surface area contributed by atoms with Gasteiger partial charge >= 0.3 is 0 Å². The predicted molar refractivity (Wildman–Crippen MR) is 90.6 cm³/mol. The highest BCUT2D eigenvalue weighted by molar-refractivity contribution is 14.1. The number of nitrogens with one attached hydrogen (secondary N) is 1. The SMILES string of the molecule is OC(CNc1ccc(Cl)cc1I)COc1ccc(F)cc1. The van der Waals surface area contributed by atoms with Crippen LogP contribution >= 0.6 is 34.2 Å². The van der Waals surface area contributed by atoms with E-state index in [0.29, 0.717) is 17.3 Å². The molecule has 0 bridgehead atoms. The average Bonchev–Trinajstić information content (AvgIpc) is 2.46. The smallest absolute Gasteiger partial charge is 0.123 e. The van der Waals surface area contributed by atoms with Crippen LogP contribution in [0.2, 0.25) is 5.02 Å². The molecule has 2 aromatic carbocycles. The van der Waals surface area contributed by atoms with Gasteiger partial charge in [0.1, 0.15) is 24.3 Å². The van der Waals surface area contributed by atoms with Gasteiger partial charge in [-0.1, -0.05) is 11.6 Å². The van der Waals surface area contributed by atoms with Crippen molar-refractivity contribution in [3.63, 3.8) is 0 Å². The minimum Gasteiger partial charge on any atom is -0.491 e. The van der Waals surface area contributed by atoms with Crippen LogP contribution in [0.25, 0.3) is 0 Å². The van der Waals surface area contributed by atoms with Crippen LogP contribution in [0.4, 0.5) is 10.1 Å². The lowest BCUT2D eigenvalue weighted by molar-refractivity contribution is 0.117. The molecule has 0 amide bonds. The molecule has 2 aromatic rings. The van der Waals surface area contributed by atoms with E-state index >= 15 is 0 Å². The number of hydrogen-bond donors (Lipinski definition) is 2. The monoisotopic (exact) mass is 421 g/mol. The van der Waals surface area contributed by atoms with Crippen LogP contribution in [0.15, 0.2) is 42.5 Å². The molecule has 0 fully saturated rings. The molecule has 0 aliphatic heterocycles. The number of hydrogen-bond acceptors (Lipinski definition) is 3. The van der Waals surface area contributed by atoms with Gasteiger partial charge in [-0.05, 0) is 65.1 Å². The summed E-state index contributed by atoms with van der Waals surface area (Å²) in [5.74, 6) is 0.207. The van der Waals surface area contributed by atoms with Gasteiger partial charge < -0.3 is 15.2 Å². The van der Waals surface area contributed by atoms with Gasteiger partial charge in [-0.2, -0.15) is 0 Å². The van der Waals surface area contributed by atoms with E-state index in [2.05, 4.69) is 27.9 Å². The maximum absolute atomic E-state index is 12.7. The van der Waals surface area contributed by atoms with Gasteiger partial charge in [0.25, 0.3) is 0 Å². The molecule has 112 valence electrons. The second-order valence-corrected chi connectivity index (χ2v) is 6.02. The van der Waals surface area contributed by atoms with E-state index in [1.54, 1.807) is 6.07 Å². The van der Waals surface area contributed by atoms with Crippen LogP contribution in [0, 0.1) is 9.39 Å². The quantitative estimate of drug-likeness (QED) is 0.695. The molecule has 2 rings (SSSR count). The highest BCUT2D eigenvalue weighted by Gasteiger charge is 2.07. The molecule has 1 atom stereocenters. The highest BCUT2D eigenvalue weighted by atomic mass is 127. The van der Waals surface area contributed by atoms with E-state index in [9.17, 15) is 9.50 Å². The molecule has 0 aliphatic rings. The largest absolute Gasteiger partial charge is 0.491 e. The van der Waals surface area contributed by atoms with E-state index in [-0.39, 0.29) is 12.4 Å². The van der Waals surface area contributed by atoms with E-state index < -0.39 is 6.10 Å². The van der Waals surface area contributed by atoms with Crippen LogP contribution < -0.4 is 10.1 Å². The molecule has 2 N–H and O–H groups in total. The summed E-state index contributed by atoms with van der Waals surface area (Å²) in [6.07, 6.45) is -0.679. The zero-order valence-electron chi connectivity index (χ0n) is 11.0. The van der Waals surface area contributed by atoms with Crippen molar-refractivity contribution in [1.29, 1.82) is 0 Å². The predicted octanol–water partition coefficient (Wildman–Crippen LogP) is 3.94. The molecule has 21 heavy (non-hydrogen) atoms. The van der Waals surface area contributed by atoms with Crippen molar-refractivity contribution in [2.24, 2.45) is 0 Å². The van der Waals surface area contributed by atoms with Crippen molar-refractivity contribution in [2.75, 3.05) is 18.5 Å². The summed E-state index contributed by atoms with van der Waals surface area (Å²) in [7, 11) is 0. The number of anilines is 1. The molecule has 0 saturated heterocycles. The fourth-order valence-electron chi connectivity index (χ4n) is 1.64. The first-order chi connectivity index (χ1) is 10.0. The summed E-state index contributed by atoms with van der Waals surface area (Å²) < 4.78 is 19.1. The summed E-state index contributed by atoms with van der Waals surface area (Å²) >= 11 is 8.05. The fourth-order valence-corrected chi connectivity index (χ4v) is 2.70. The first-order valence-electron chi connectivity index (χ1n) is 6.30. The lowest BCUT2D eigenvalue weighted by Gasteiger charge is -2.15. The second kappa shape index (κ2) is 7.82. The van der Waals surface area contributed by atoms with Crippen molar-refractivity contribution >= 4 is 39.9 Å². The maximum atomic E-state index is 12.7. The fraction of sp³-hybridized carbons (Fsp3) is 0.200. The van der Waals surface area contributed by atoms with Gasteiger partial charge in [-0.3, -0.25) is 0 Å². The summed E-state index contributed by atoms with van der Waals surface area (Å²) in [4.78, 5) is 0. The minimum atomic E-state index is -0.679. The molecule has 0 heterocycles. The number of halogens is 3. The molecule has 0 radical (unpaired) electrons. The van der Waals surface area contributed by atoms with Crippen molar-refractivity contribution in [3.8, 4) is 5.75 Å². The Labute approximate surface area is 141 Å². The first-order valence-corrected chi connectivity index (χ1v) is 7.75. The Bertz CT molecular complexity index is 595. The Hall–Kier alpha value is -1.05. The van der Waals surface area contributed by atoms with Crippen molar-refractivity contribution in [3.05, 3.63) is 56.9 Å². The number of aliphatic hydroxyl groups excluding tert-OH is 1. The summed E-state index contributed by atoms with van der Waals surface area (Å²) in [6, 6.07) is 11.2. The minimum absolute atomic E-state index is 0.128. The topological polar surface area (TPSA) is 41.5 Å². The Kier molecular flexibility index (Phi) is 6.08. The standard InChI is InChI=1S/C15H14ClFINO2/c16-10-1-6-15(14(18)7-10)19-8-12(20)9-21-13-4-2-11(17)3-5-13/h1-7,12,19-20H,8-9H2. The van der Waals surface area contributed by atoms with E-state index in [1.165, 1.54) is 24.3 Å². The normalized spacial score (nSPS) is 12.0. The van der Waals surface area contributed by atoms with Crippen LogP contribution in [0.1, 0.15) is 0 Å². The second-order valence-electron chi connectivity index (χ2n) is 4.42. The summed E-state index contributed by atoms with van der Waals surface area (Å²) in [5.41, 5.74) is 0.904. The molecule has 1 unspecified atom stereocenters. The molecular weight excluding hydrogens is 408 g/mol. The maximum Gasteiger partial charge on any atom is 0.123 e. The average molecular weight is 422 g/mol. The van der Waals surface area contributed by atoms with E-state index in [1.807, 2.05) is 12.1 Å². The lowest BCUT2D eigenvalue weighted by atomic mass is 10.3. The molecule has 0 aliphatic carbocycles. The van der Waals surface area contributed by atoms with Gasteiger partial charge in [0.15, 0.2) is 0 Å². The van der Waals surface area contributed by atoms with Crippen LogP contribution in [-0.2, 0) is 0 Å². The van der Waals surface area contributed by atoms with Gasteiger partial charge in [-0.25, -0.2) is 4.39 Å². The highest BCUT2D eigenvalue weighted by Crippen LogP contribution is 2.22. The first kappa shape index (κ1) is 16.3. The van der Waals surface area contributed by atoms with E-state index in [4.69, 9.17) is 16.3 Å². The third kappa shape index (κ3) is 5.33. The summed E-state index contributed by atoms with van der Waals surface area (Å²) in [6.45, 7) is 0.474. The molecule has 6 heteroatoms. The number of benzene rings is 2. The Morgan fingerprint density at radius 2 is 1.95 bits per heavy atom. The molecule has 0 aromatic heterocycles. The van der Waals surface area contributed by atoms with Gasteiger partial charge in [0.2, 0.25) is 0 Å². The lowest BCUT2D eigenvalue weighted by Crippen LogP contribution is -2.26. The van der Waals surface area contributed by atoms with E-state index in [0.717, 1.165) is 9.26 Å². The third-order valence-corrected chi connectivity index (χ3v) is 3.84. The summed E-state index contributed by atoms with van der Waals surface area (Å²) in [5, 5.41) is 13.7. The Morgan fingerprint density at radius 1 is 1.24 bits per heavy atom. The zero-order valence-corrected chi connectivity index (χ0v) is 13.9. The van der Waals surface area contributed by atoms with Crippen molar-refractivity contribution in [1.82, 2.24) is 0 Å².